The molecule has 20 heavy (non-hydrogen) atoms. The smallest absolute Gasteiger partial charge is 0.218 e. The molecule has 0 unspecified atom stereocenters. The molecule has 0 spiro atoms. The second-order valence-electron chi connectivity index (χ2n) is 5.25. The highest BCUT2D eigenvalue weighted by molar-refractivity contribution is 5.38. The molecule has 1 saturated heterocycles. The van der Waals surface area contributed by atoms with Crippen LogP contribution in [0.1, 0.15) is 38.4 Å². The van der Waals surface area contributed by atoms with Crippen LogP contribution in [0.25, 0.3) is 0 Å². The Hall–Kier alpha value is -1.36. The zero-order chi connectivity index (χ0) is 14.2. The lowest BCUT2D eigenvalue weighted by atomic mass is 10.3. The number of hydrogen-bond acceptors (Lipinski definition) is 5. The van der Waals surface area contributed by atoms with Crippen molar-refractivity contribution in [2.75, 3.05) is 38.6 Å². The van der Waals surface area contributed by atoms with E-state index < -0.39 is 0 Å². The zero-order valence-electron chi connectivity index (χ0n) is 12.7. The number of rotatable bonds is 8. The minimum Gasteiger partial charge on any atom is -0.481 e. The Morgan fingerprint density at radius 3 is 2.75 bits per heavy atom. The van der Waals surface area contributed by atoms with Crippen LogP contribution < -0.4 is 10.1 Å². The fourth-order valence-corrected chi connectivity index (χ4v) is 2.51. The molecule has 1 aromatic heterocycles. The second-order valence-corrected chi connectivity index (χ2v) is 5.25. The first kappa shape index (κ1) is 15.0. The second kappa shape index (κ2) is 8.04. The fourth-order valence-electron chi connectivity index (χ4n) is 2.51. The third kappa shape index (κ3) is 4.63. The van der Waals surface area contributed by atoms with Crippen molar-refractivity contribution in [2.24, 2.45) is 0 Å². The number of aryl methyl sites for hydroxylation is 1. The lowest BCUT2D eigenvalue weighted by Gasteiger charge is -2.14. The summed E-state index contributed by atoms with van der Waals surface area (Å²) in [5, 5.41) is 3.37. The van der Waals surface area contributed by atoms with Crippen LogP contribution in [0.5, 0.6) is 5.88 Å². The van der Waals surface area contributed by atoms with Gasteiger partial charge in [-0.05, 0) is 45.3 Å². The SMILES string of the molecule is CCc1nc(NCCCCN2CCCC2)cc(OC)n1. The van der Waals surface area contributed by atoms with E-state index in [0.29, 0.717) is 5.88 Å². The van der Waals surface area contributed by atoms with E-state index >= 15 is 0 Å². The van der Waals surface area contributed by atoms with Crippen LogP contribution in [-0.2, 0) is 6.42 Å². The van der Waals surface area contributed by atoms with E-state index in [-0.39, 0.29) is 0 Å². The van der Waals surface area contributed by atoms with Crippen molar-refractivity contribution < 1.29 is 4.74 Å². The molecule has 1 aliphatic heterocycles. The Labute approximate surface area is 121 Å². The Morgan fingerprint density at radius 2 is 2.05 bits per heavy atom. The van der Waals surface area contributed by atoms with E-state index in [0.717, 1.165) is 24.6 Å². The average Bonchev–Trinajstić information content (AvgIpc) is 2.99. The number of nitrogens with one attached hydrogen (secondary N) is 1. The van der Waals surface area contributed by atoms with Gasteiger partial charge in [0.1, 0.15) is 11.6 Å². The number of likely N-dealkylation sites (tertiary alicyclic amines) is 1. The molecule has 0 radical (unpaired) electrons. The molecule has 5 nitrogen and oxygen atoms in total. The standard InChI is InChI=1S/C15H26N4O/c1-3-13-17-14(12-15(18-13)20-2)16-8-4-5-9-19-10-6-7-11-19/h12H,3-11H2,1-2H3,(H,16,17,18). The topological polar surface area (TPSA) is 50.3 Å². The normalized spacial score (nSPS) is 15.5. The molecule has 0 saturated carbocycles. The van der Waals surface area contributed by atoms with Crippen molar-refractivity contribution in [3.63, 3.8) is 0 Å². The predicted octanol–water partition coefficient (Wildman–Crippen LogP) is 2.34. The summed E-state index contributed by atoms with van der Waals surface area (Å²) in [5.74, 6) is 2.33. The van der Waals surface area contributed by atoms with Gasteiger partial charge in [0, 0.05) is 19.0 Å². The zero-order valence-corrected chi connectivity index (χ0v) is 12.7. The highest BCUT2D eigenvalue weighted by Gasteiger charge is 2.10. The van der Waals surface area contributed by atoms with Crippen molar-refractivity contribution in [3.8, 4) is 5.88 Å². The Morgan fingerprint density at radius 1 is 1.25 bits per heavy atom. The van der Waals surface area contributed by atoms with Crippen LogP contribution >= 0.6 is 0 Å². The minimum absolute atomic E-state index is 0.636. The molecule has 112 valence electrons. The maximum atomic E-state index is 5.19. The predicted molar refractivity (Wildman–Crippen MR) is 81.4 cm³/mol. The van der Waals surface area contributed by atoms with Gasteiger partial charge in [-0.3, -0.25) is 0 Å². The van der Waals surface area contributed by atoms with Gasteiger partial charge in [-0.1, -0.05) is 6.92 Å². The lowest BCUT2D eigenvalue weighted by molar-refractivity contribution is 0.331. The quantitative estimate of drug-likeness (QED) is 0.740. The molecule has 0 amide bonds. The van der Waals surface area contributed by atoms with Crippen molar-refractivity contribution in [1.82, 2.24) is 14.9 Å². The summed E-state index contributed by atoms with van der Waals surface area (Å²) >= 11 is 0. The largest absolute Gasteiger partial charge is 0.481 e. The maximum Gasteiger partial charge on any atom is 0.218 e. The summed E-state index contributed by atoms with van der Waals surface area (Å²) in [6, 6.07) is 1.86. The van der Waals surface area contributed by atoms with E-state index in [4.69, 9.17) is 4.74 Å². The molecule has 1 aliphatic rings. The summed E-state index contributed by atoms with van der Waals surface area (Å²) in [6.07, 6.45) is 5.98. The first-order valence-electron chi connectivity index (χ1n) is 7.70. The fraction of sp³-hybridized carbons (Fsp3) is 0.733. The summed E-state index contributed by atoms with van der Waals surface area (Å²) in [6.45, 7) is 6.81. The maximum absolute atomic E-state index is 5.19. The third-order valence-corrected chi connectivity index (χ3v) is 3.68. The van der Waals surface area contributed by atoms with Gasteiger partial charge in [0.15, 0.2) is 0 Å². The highest BCUT2D eigenvalue weighted by atomic mass is 16.5. The highest BCUT2D eigenvalue weighted by Crippen LogP contribution is 2.14. The molecule has 1 fully saturated rings. The Bertz CT molecular complexity index is 383. The third-order valence-electron chi connectivity index (χ3n) is 3.68. The molecule has 0 bridgehead atoms. The molecule has 0 aromatic carbocycles. The van der Waals surface area contributed by atoms with Crippen LogP contribution in [0, 0.1) is 0 Å². The number of anilines is 1. The lowest BCUT2D eigenvalue weighted by Crippen LogP contribution is -2.21. The number of hydrogen-bond donors (Lipinski definition) is 1. The van der Waals surface area contributed by atoms with Crippen LogP contribution in [0.15, 0.2) is 6.07 Å². The number of aromatic nitrogens is 2. The van der Waals surface area contributed by atoms with Crippen LogP contribution in [-0.4, -0.2) is 48.2 Å². The van der Waals surface area contributed by atoms with E-state index in [9.17, 15) is 0 Å². The number of unbranched alkanes of at least 4 members (excludes halogenated alkanes) is 1. The van der Waals surface area contributed by atoms with E-state index in [1.54, 1.807) is 7.11 Å². The number of nitrogens with zero attached hydrogens (tertiary/aromatic N) is 3. The van der Waals surface area contributed by atoms with Crippen molar-refractivity contribution >= 4 is 5.82 Å². The van der Waals surface area contributed by atoms with E-state index in [1.807, 2.05) is 6.07 Å². The minimum atomic E-state index is 0.636. The Kier molecular flexibility index (Phi) is 6.05. The summed E-state index contributed by atoms with van der Waals surface area (Å²) in [5.41, 5.74) is 0. The number of ether oxygens (including phenoxy) is 1. The van der Waals surface area contributed by atoms with Gasteiger partial charge in [-0.25, -0.2) is 4.98 Å². The van der Waals surface area contributed by atoms with Gasteiger partial charge in [0.2, 0.25) is 5.88 Å². The average molecular weight is 278 g/mol. The van der Waals surface area contributed by atoms with Crippen molar-refractivity contribution in [1.29, 1.82) is 0 Å². The van der Waals surface area contributed by atoms with Gasteiger partial charge in [-0.15, -0.1) is 0 Å². The van der Waals surface area contributed by atoms with E-state index in [1.165, 1.54) is 45.3 Å². The van der Waals surface area contributed by atoms with Crippen LogP contribution in [0.4, 0.5) is 5.82 Å². The summed E-state index contributed by atoms with van der Waals surface area (Å²) in [4.78, 5) is 11.3. The van der Waals surface area contributed by atoms with Gasteiger partial charge in [0.05, 0.1) is 7.11 Å². The van der Waals surface area contributed by atoms with Crippen molar-refractivity contribution in [2.45, 2.75) is 39.0 Å². The molecule has 1 aromatic rings. The first-order chi connectivity index (χ1) is 9.81. The first-order valence-corrected chi connectivity index (χ1v) is 7.70. The molecule has 0 atom stereocenters. The van der Waals surface area contributed by atoms with Gasteiger partial charge in [-0.2, -0.15) is 4.98 Å². The van der Waals surface area contributed by atoms with Crippen molar-refractivity contribution in [3.05, 3.63) is 11.9 Å². The summed E-state index contributed by atoms with van der Waals surface area (Å²) in [7, 11) is 1.64. The molecule has 2 rings (SSSR count). The van der Waals surface area contributed by atoms with Crippen LogP contribution in [0.3, 0.4) is 0 Å². The molecule has 2 heterocycles. The monoisotopic (exact) mass is 278 g/mol. The van der Waals surface area contributed by atoms with Gasteiger partial charge < -0.3 is 15.0 Å². The molecular formula is C15H26N4O. The molecule has 5 heteroatoms. The molecule has 0 aliphatic carbocycles. The number of methoxy groups -OCH3 is 1. The summed E-state index contributed by atoms with van der Waals surface area (Å²) < 4.78 is 5.19. The van der Waals surface area contributed by atoms with Gasteiger partial charge in [0.25, 0.3) is 0 Å². The van der Waals surface area contributed by atoms with Crippen LogP contribution in [0.2, 0.25) is 0 Å². The van der Waals surface area contributed by atoms with E-state index in [2.05, 4.69) is 27.1 Å². The van der Waals surface area contributed by atoms with Gasteiger partial charge >= 0.3 is 0 Å². The Balaban J connectivity index is 1.70. The molecule has 1 N–H and O–H groups in total. The molecular weight excluding hydrogens is 252 g/mol.